The molecule has 0 spiro atoms. The minimum atomic E-state index is -2.97. The van der Waals surface area contributed by atoms with Gasteiger partial charge in [0.2, 0.25) is 0 Å². The van der Waals surface area contributed by atoms with Crippen LogP contribution in [0.2, 0.25) is 5.02 Å². The number of sulfone groups is 1. The van der Waals surface area contributed by atoms with Gasteiger partial charge in [0.05, 0.1) is 23.6 Å². The van der Waals surface area contributed by atoms with Crippen molar-refractivity contribution >= 4 is 44.5 Å². The first-order valence-electron chi connectivity index (χ1n) is 5.52. The van der Waals surface area contributed by atoms with Crippen molar-refractivity contribution in [1.29, 1.82) is 0 Å². The Morgan fingerprint density at radius 1 is 1.28 bits per heavy atom. The Morgan fingerprint density at radius 2 is 1.94 bits per heavy atom. The van der Waals surface area contributed by atoms with Crippen LogP contribution in [0, 0.1) is 0 Å². The first-order valence-corrected chi connectivity index (χ1v) is 8.13. The standard InChI is InChI=1S/C11H11ClN2O2S2/c12-7-1-3-8(4-2-7)14-10-6-18(15,16)5-9(10)13-11(14)17/h1-4,9-10H,5-6H2,(H,13,17)/t9-,10+/m1/s1. The number of halogens is 1. The van der Waals surface area contributed by atoms with Crippen LogP contribution in [0.1, 0.15) is 0 Å². The molecular weight excluding hydrogens is 292 g/mol. The van der Waals surface area contributed by atoms with Gasteiger partial charge >= 0.3 is 0 Å². The van der Waals surface area contributed by atoms with E-state index in [1.54, 1.807) is 12.1 Å². The molecule has 2 fully saturated rings. The molecule has 18 heavy (non-hydrogen) atoms. The van der Waals surface area contributed by atoms with E-state index in [1.807, 2.05) is 17.0 Å². The van der Waals surface area contributed by atoms with Gasteiger partial charge in [-0.05, 0) is 36.5 Å². The molecular formula is C11H11ClN2O2S2. The summed E-state index contributed by atoms with van der Waals surface area (Å²) in [7, 11) is -2.97. The van der Waals surface area contributed by atoms with Gasteiger partial charge in [0.15, 0.2) is 14.9 Å². The van der Waals surface area contributed by atoms with Crippen molar-refractivity contribution in [2.24, 2.45) is 0 Å². The van der Waals surface area contributed by atoms with Gasteiger partial charge < -0.3 is 10.2 Å². The molecule has 0 saturated carbocycles. The van der Waals surface area contributed by atoms with E-state index in [2.05, 4.69) is 5.32 Å². The van der Waals surface area contributed by atoms with Gasteiger partial charge in [0.25, 0.3) is 0 Å². The molecule has 1 aromatic rings. The molecule has 2 saturated heterocycles. The normalized spacial score (nSPS) is 29.2. The molecule has 7 heteroatoms. The maximum absolute atomic E-state index is 11.7. The molecule has 4 nitrogen and oxygen atoms in total. The molecule has 1 aromatic carbocycles. The van der Waals surface area contributed by atoms with E-state index in [4.69, 9.17) is 23.8 Å². The summed E-state index contributed by atoms with van der Waals surface area (Å²) in [5.41, 5.74) is 0.876. The molecule has 2 aliphatic rings. The molecule has 1 N–H and O–H groups in total. The first-order chi connectivity index (χ1) is 8.46. The fourth-order valence-corrected chi connectivity index (χ4v) is 4.92. The lowest BCUT2D eigenvalue weighted by atomic mass is 10.1. The quantitative estimate of drug-likeness (QED) is 0.790. The van der Waals surface area contributed by atoms with Crippen molar-refractivity contribution in [3.05, 3.63) is 29.3 Å². The lowest BCUT2D eigenvalue weighted by Crippen LogP contribution is -2.36. The maximum atomic E-state index is 11.7. The topological polar surface area (TPSA) is 49.4 Å². The minimum Gasteiger partial charge on any atom is -0.356 e. The van der Waals surface area contributed by atoms with Gasteiger partial charge in [-0.15, -0.1) is 0 Å². The van der Waals surface area contributed by atoms with Crippen LogP contribution in [-0.2, 0) is 9.84 Å². The van der Waals surface area contributed by atoms with Crippen molar-refractivity contribution in [2.75, 3.05) is 16.4 Å². The Labute approximate surface area is 116 Å². The predicted octanol–water partition coefficient (Wildman–Crippen LogP) is 1.20. The van der Waals surface area contributed by atoms with E-state index in [0.29, 0.717) is 10.1 Å². The van der Waals surface area contributed by atoms with Crippen molar-refractivity contribution < 1.29 is 8.42 Å². The highest BCUT2D eigenvalue weighted by atomic mass is 35.5. The van der Waals surface area contributed by atoms with Crippen molar-refractivity contribution in [3.63, 3.8) is 0 Å². The van der Waals surface area contributed by atoms with Crippen LogP contribution in [0.5, 0.6) is 0 Å². The van der Waals surface area contributed by atoms with Crippen LogP contribution in [0.4, 0.5) is 5.69 Å². The monoisotopic (exact) mass is 302 g/mol. The second kappa shape index (κ2) is 4.08. The molecule has 0 unspecified atom stereocenters. The molecule has 3 rings (SSSR count). The van der Waals surface area contributed by atoms with Gasteiger partial charge in [-0.2, -0.15) is 0 Å². The first kappa shape index (κ1) is 12.2. The van der Waals surface area contributed by atoms with Crippen LogP contribution < -0.4 is 10.2 Å². The number of hydrogen-bond donors (Lipinski definition) is 1. The summed E-state index contributed by atoms with van der Waals surface area (Å²) in [4.78, 5) is 1.88. The van der Waals surface area contributed by atoms with E-state index >= 15 is 0 Å². The Hall–Kier alpha value is -0.850. The highest BCUT2D eigenvalue weighted by molar-refractivity contribution is 7.91. The largest absolute Gasteiger partial charge is 0.356 e. The summed E-state index contributed by atoms with van der Waals surface area (Å²) < 4.78 is 23.3. The molecule has 0 amide bonds. The van der Waals surface area contributed by atoms with Crippen LogP contribution in [0.3, 0.4) is 0 Å². The number of hydrogen-bond acceptors (Lipinski definition) is 3. The number of rotatable bonds is 1. The summed E-state index contributed by atoms with van der Waals surface area (Å²) >= 11 is 11.1. The predicted molar refractivity (Wildman–Crippen MR) is 75.9 cm³/mol. The molecule has 2 aliphatic heterocycles. The third-order valence-electron chi connectivity index (χ3n) is 3.29. The second-order valence-electron chi connectivity index (χ2n) is 4.55. The van der Waals surface area contributed by atoms with Gasteiger partial charge in [0.1, 0.15) is 0 Å². The number of thiocarbonyl (C=S) groups is 1. The zero-order valence-corrected chi connectivity index (χ0v) is 11.7. The molecule has 0 radical (unpaired) electrons. The number of fused-ring (bicyclic) bond motifs is 1. The Morgan fingerprint density at radius 3 is 2.61 bits per heavy atom. The van der Waals surface area contributed by atoms with E-state index in [0.717, 1.165) is 5.69 Å². The minimum absolute atomic E-state index is 0.0989. The molecule has 2 heterocycles. The second-order valence-corrected chi connectivity index (χ2v) is 7.52. The van der Waals surface area contributed by atoms with Crippen LogP contribution in [0.15, 0.2) is 24.3 Å². The summed E-state index contributed by atoms with van der Waals surface area (Å²) in [5, 5.41) is 4.31. The average Bonchev–Trinajstić information content (AvgIpc) is 2.70. The highest BCUT2D eigenvalue weighted by Crippen LogP contribution is 2.30. The SMILES string of the molecule is O=S1(=O)C[C@H]2NC(=S)N(c3ccc(Cl)cc3)[C@H]2C1. The zero-order valence-electron chi connectivity index (χ0n) is 9.34. The molecule has 0 aromatic heterocycles. The van der Waals surface area contributed by atoms with E-state index in [1.165, 1.54) is 0 Å². The number of benzene rings is 1. The lowest BCUT2D eigenvalue weighted by molar-refractivity contribution is 0.600. The van der Waals surface area contributed by atoms with Gasteiger partial charge in [-0.1, -0.05) is 11.6 Å². The third-order valence-corrected chi connectivity index (χ3v) is 5.57. The Kier molecular flexibility index (Phi) is 2.76. The fourth-order valence-electron chi connectivity index (χ4n) is 2.51. The summed E-state index contributed by atoms with van der Waals surface area (Å²) in [6, 6.07) is 7.04. The van der Waals surface area contributed by atoms with Gasteiger partial charge in [-0.3, -0.25) is 0 Å². The maximum Gasteiger partial charge on any atom is 0.174 e. The smallest absolute Gasteiger partial charge is 0.174 e. The molecule has 0 aliphatic carbocycles. The Bertz CT molecular complexity index is 600. The van der Waals surface area contributed by atoms with Gasteiger partial charge in [-0.25, -0.2) is 8.42 Å². The summed E-state index contributed by atoms with van der Waals surface area (Å²) in [6.07, 6.45) is 0. The van der Waals surface area contributed by atoms with Gasteiger partial charge in [0, 0.05) is 10.7 Å². The number of anilines is 1. The molecule has 96 valence electrons. The summed E-state index contributed by atoms with van der Waals surface area (Å²) in [5.74, 6) is 0.301. The average molecular weight is 303 g/mol. The molecule has 0 bridgehead atoms. The van der Waals surface area contributed by atoms with Crippen molar-refractivity contribution in [3.8, 4) is 0 Å². The van der Waals surface area contributed by atoms with Crippen LogP contribution in [0.25, 0.3) is 0 Å². The van der Waals surface area contributed by atoms with Crippen LogP contribution >= 0.6 is 23.8 Å². The summed E-state index contributed by atoms with van der Waals surface area (Å²) in [6.45, 7) is 0. The van der Waals surface area contributed by atoms with E-state index in [-0.39, 0.29) is 23.6 Å². The highest BCUT2D eigenvalue weighted by Gasteiger charge is 2.47. The zero-order chi connectivity index (χ0) is 12.9. The lowest BCUT2D eigenvalue weighted by Gasteiger charge is -2.23. The number of nitrogens with one attached hydrogen (secondary N) is 1. The van der Waals surface area contributed by atoms with E-state index in [9.17, 15) is 8.42 Å². The van der Waals surface area contributed by atoms with Crippen LogP contribution in [-0.4, -0.2) is 37.1 Å². The number of nitrogens with zero attached hydrogens (tertiary/aromatic N) is 1. The molecule has 2 atom stereocenters. The van der Waals surface area contributed by atoms with Crippen molar-refractivity contribution in [1.82, 2.24) is 5.32 Å². The van der Waals surface area contributed by atoms with Crippen molar-refractivity contribution in [2.45, 2.75) is 12.1 Å². The van der Waals surface area contributed by atoms with E-state index < -0.39 is 9.84 Å². The third kappa shape index (κ3) is 1.98. The Balaban J connectivity index is 1.96. The fraction of sp³-hybridized carbons (Fsp3) is 0.364.